The lowest BCUT2D eigenvalue weighted by Crippen LogP contribution is -2.26. The number of halogens is 1. The highest BCUT2D eigenvalue weighted by Gasteiger charge is 2.32. The van der Waals surface area contributed by atoms with Gasteiger partial charge >= 0.3 is 0 Å². The standard InChI is InChI=1S/C18H15FN8/c1-25-8-12(7-22-25)15-10-27-16(2-3-21-27)17(23-15)14-9-26(24-18(14)19)13-4-11(5-13)6-20/h2-3,7-11,13H,4-5H2,1H3. The topological polar surface area (TPSA) is 89.6 Å². The average molecular weight is 362 g/mol. The van der Waals surface area contributed by atoms with Crippen LogP contribution in [0.25, 0.3) is 28.0 Å². The quantitative estimate of drug-likeness (QED) is 0.559. The van der Waals surface area contributed by atoms with Gasteiger partial charge in [-0.05, 0) is 18.9 Å². The lowest BCUT2D eigenvalue weighted by Gasteiger charge is -2.30. The molecule has 0 atom stereocenters. The SMILES string of the molecule is Cn1cc(-c2cn3nccc3c(-c3cn(C4CC(C#N)C4)nc3F)n2)cn1. The molecule has 1 aliphatic carbocycles. The van der Waals surface area contributed by atoms with Crippen molar-refractivity contribution in [3.8, 4) is 28.6 Å². The van der Waals surface area contributed by atoms with Gasteiger partial charge < -0.3 is 0 Å². The van der Waals surface area contributed by atoms with Crippen LogP contribution in [0.1, 0.15) is 18.9 Å². The van der Waals surface area contributed by atoms with Crippen LogP contribution in [0.4, 0.5) is 4.39 Å². The van der Waals surface area contributed by atoms with E-state index in [4.69, 9.17) is 5.26 Å². The zero-order valence-corrected chi connectivity index (χ0v) is 14.5. The van der Waals surface area contributed by atoms with Crippen LogP contribution in [0.2, 0.25) is 0 Å². The van der Waals surface area contributed by atoms with Gasteiger partial charge in [-0.2, -0.15) is 19.8 Å². The molecule has 1 aliphatic rings. The second-order valence-electron chi connectivity index (χ2n) is 6.80. The van der Waals surface area contributed by atoms with Gasteiger partial charge in [-0.15, -0.1) is 5.10 Å². The largest absolute Gasteiger partial charge is 0.275 e. The number of aromatic nitrogens is 7. The number of fused-ring (bicyclic) bond motifs is 1. The molecule has 8 nitrogen and oxygen atoms in total. The number of hydrogen-bond donors (Lipinski definition) is 0. The van der Waals surface area contributed by atoms with Crippen LogP contribution in [0.5, 0.6) is 0 Å². The summed E-state index contributed by atoms with van der Waals surface area (Å²) >= 11 is 0. The summed E-state index contributed by atoms with van der Waals surface area (Å²) in [7, 11) is 1.83. The zero-order chi connectivity index (χ0) is 18.5. The van der Waals surface area contributed by atoms with Gasteiger partial charge in [0.25, 0.3) is 0 Å². The Morgan fingerprint density at radius 2 is 2.07 bits per heavy atom. The molecule has 134 valence electrons. The van der Waals surface area contributed by atoms with Crippen molar-refractivity contribution in [3.05, 3.63) is 43.0 Å². The first-order chi connectivity index (χ1) is 13.1. The molecular weight excluding hydrogens is 347 g/mol. The Kier molecular flexibility index (Phi) is 3.33. The van der Waals surface area contributed by atoms with E-state index in [1.54, 1.807) is 44.7 Å². The van der Waals surface area contributed by atoms with Gasteiger partial charge in [0, 0.05) is 25.0 Å². The zero-order valence-electron chi connectivity index (χ0n) is 14.5. The summed E-state index contributed by atoms with van der Waals surface area (Å²) in [5.41, 5.74) is 2.97. The van der Waals surface area contributed by atoms with Crippen molar-refractivity contribution >= 4 is 5.52 Å². The van der Waals surface area contributed by atoms with Crippen molar-refractivity contribution in [2.75, 3.05) is 0 Å². The Labute approximate surface area is 153 Å². The van der Waals surface area contributed by atoms with E-state index in [9.17, 15) is 4.39 Å². The van der Waals surface area contributed by atoms with E-state index in [0.29, 0.717) is 35.3 Å². The maximum Gasteiger partial charge on any atom is 0.242 e. The average Bonchev–Trinajstić information content (AvgIpc) is 3.33. The normalized spacial score (nSPS) is 19.1. The fourth-order valence-electron chi connectivity index (χ4n) is 3.44. The molecule has 0 saturated heterocycles. The summed E-state index contributed by atoms with van der Waals surface area (Å²) in [4.78, 5) is 4.68. The van der Waals surface area contributed by atoms with Crippen molar-refractivity contribution in [2.45, 2.75) is 18.9 Å². The van der Waals surface area contributed by atoms with E-state index in [0.717, 1.165) is 5.56 Å². The fourth-order valence-corrected chi connectivity index (χ4v) is 3.44. The molecule has 5 rings (SSSR count). The molecule has 0 aromatic carbocycles. The number of rotatable bonds is 3. The molecule has 1 saturated carbocycles. The van der Waals surface area contributed by atoms with Gasteiger partial charge in [0.2, 0.25) is 5.95 Å². The summed E-state index contributed by atoms with van der Waals surface area (Å²) in [6.07, 6.45) is 10.1. The van der Waals surface area contributed by atoms with Crippen LogP contribution >= 0.6 is 0 Å². The minimum absolute atomic E-state index is 0.0271. The Hall–Kier alpha value is -3.54. The van der Waals surface area contributed by atoms with Crippen LogP contribution < -0.4 is 0 Å². The van der Waals surface area contributed by atoms with Crippen molar-refractivity contribution in [2.24, 2.45) is 13.0 Å². The monoisotopic (exact) mass is 362 g/mol. The summed E-state index contributed by atoms with van der Waals surface area (Å²) in [6, 6.07) is 4.08. The van der Waals surface area contributed by atoms with E-state index in [2.05, 4.69) is 26.3 Å². The Morgan fingerprint density at radius 1 is 1.22 bits per heavy atom. The van der Waals surface area contributed by atoms with Gasteiger partial charge in [-0.3, -0.25) is 9.36 Å². The predicted molar refractivity (Wildman–Crippen MR) is 93.7 cm³/mol. The second-order valence-corrected chi connectivity index (χ2v) is 6.80. The molecule has 4 heterocycles. The number of aryl methyl sites for hydroxylation is 1. The molecule has 27 heavy (non-hydrogen) atoms. The number of nitrogens with zero attached hydrogens (tertiary/aromatic N) is 8. The lowest BCUT2D eigenvalue weighted by molar-refractivity contribution is 0.226. The maximum atomic E-state index is 14.7. The van der Waals surface area contributed by atoms with Crippen LogP contribution in [-0.2, 0) is 7.05 Å². The van der Waals surface area contributed by atoms with Gasteiger partial charge in [0.1, 0.15) is 5.69 Å². The summed E-state index contributed by atoms with van der Waals surface area (Å²) < 4.78 is 19.7. The van der Waals surface area contributed by atoms with Crippen LogP contribution in [-0.4, -0.2) is 34.2 Å². The van der Waals surface area contributed by atoms with Gasteiger partial charge in [0.15, 0.2) is 0 Å². The highest BCUT2D eigenvalue weighted by atomic mass is 19.1. The first kappa shape index (κ1) is 15.7. The van der Waals surface area contributed by atoms with Crippen LogP contribution in [0.3, 0.4) is 0 Å². The Bertz CT molecular complexity index is 1190. The Morgan fingerprint density at radius 3 is 2.81 bits per heavy atom. The van der Waals surface area contributed by atoms with Crippen molar-refractivity contribution in [3.63, 3.8) is 0 Å². The number of nitriles is 1. The van der Waals surface area contributed by atoms with E-state index in [1.165, 1.54) is 0 Å². The minimum Gasteiger partial charge on any atom is -0.275 e. The third kappa shape index (κ3) is 2.49. The molecule has 1 fully saturated rings. The van der Waals surface area contributed by atoms with E-state index in [-0.39, 0.29) is 12.0 Å². The fraction of sp³-hybridized carbons (Fsp3) is 0.278. The van der Waals surface area contributed by atoms with Crippen molar-refractivity contribution < 1.29 is 4.39 Å². The minimum atomic E-state index is -0.575. The van der Waals surface area contributed by atoms with E-state index >= 15 is 0 Å². The molecule has 0 amide bonds. The smallest absolute Gasteiger partial charge is 0.242 e. The third-order valence-corrected chi connectivity index (χ3v) is 5.00. The molecule has 0 spiro atoms. The summed E-state index contributed by atoms with van der Waals surface area (Å²) in [5.74, 6) is -0.548. The van der Waals surface area contributed by atoms with E-state index < -0.39 is 5.95 Å². The van der Waals surface area contributed by atoms with Crippen LogP contribution in [0.15, 0.2) is 37.1 Å². The molecular formula is C18H15FN8. The molecule has 9 heteroatoms. The van der Waals surface area contributed by atoms with Gasteiger partial charge in [0.05, 0.1) is 53.4 Å². The molecule has 0 aliphatic heterocycles. The van der Waals surface area contributed by atoms with Crippen molar-refractivity contribution in [1.29, 1.82) is 5.26 Å². The highest BCUT2D eigenvalue weighted by Crippen LogP contribution is 2.38. The summed E-state index contributed by atoms with van der Waals surface area (Å²) in [5, 5.41) is 21.4. The highest BCUT2D eigenvalue weighted by molar-refractivity contribution is 5.78. The lowest BCUT2D eigenvalue weighted by atomic mass is 9.81. The van der Waals surface area contributed by atoms with Gasteiger partial charge in [-0.1, -0.05) is 0 Å². The second kappa shape index (κ2) is 5.74. The molecule has 4 aromatic rings. The molecule has 4 aromatic heterocycles. The summed E-state index contributed by atoms with van der Waals surface area (Å²) in [6.45, 7) is 0. The molecule has 0 N–H and O–H groups in total. The first-order valence-corrected chi connectivity index (χ1v) is 8.60. The van der Waals surface area contributed by atoms with Crippen molar-refractivity contribution in [1.82, 2.24) is 34.2 Å². The first-order valence-electron chi connectivity index (χ1n) is 8.60. The number of hydrogen-bond acceptors (Lipinski definition) is 5. The molecule has 0 bridgehead atoms. The Balaban J connectivity index is 1.62. The predicted octanol–water partition coefficient (Wildman–Crippen LogP) is 2.61. The molecule has 0 radical (unpaired) electrons. The van der Waals surface area contributed by atoms with Gasteiger partial charge in [-0.25, -0.2) is 9.50 Å². The maximum absolute atomic E-state index is 14.7. The van der Waals surface area contributed by atoms with Crippen LogP contribution in [0, 0.1) is 23.2 Å². The van der Waals surface area contributed by atoms with E-state index in [1.807, 2.05) is 13.2 Å². The molecule has 0 unspecified atom stereocenters. The third-order valence-electron chi connectivity index (χ3n) is 5.00.